The summed E-state index contributed by atoms with van der Waals surface area (Å²) in [4.78, 5) is 13.8. The number of amides is 1. The zero-order chi connectivity index (χ0) is 25.4. The van der Waals surface area contributed by atoms with Gasteiger partial charge >= 0.3 is 0 Å². The molecule has 1 saturated heterocycles. The van der Waals surface area contributed by atoms with E-state index >= 15 is 0 Å². The number of carbonyl (C=O) groups excluding carboxylic acids is 1. The second kappa shape index (κ2) is 9.99. The molecule has 1 amide bonds. The molecule has 186 valence electrons. The van der Waals surface area contributed by atoms with Crippen molar-refractivity contribution in [1.29, 1.82) is 0 Å². The summed E-state index contributed by atoms with van der Waals surface area (Å²) in [6, 6.07) is 17.8. The highest BCUT2D eigenvalue weighted by Gasteiger charge is 2.29. The Labute approximate surface area is 212 Å². The number of aryl methyl sites for hydroxylation is 2. The fraction of sp³-hybridized carbons (Fsp3) is 0.276. The molecule has 7 heteroatoms. The van der Waals surface area contributed by atoms with Gasteiger partial charge in [0.1, 0.15) is 28.1 Å². The van der Waals surface area contributed by atoms with Crippen LogP contribution in [0.1, 0.15) is 45.8 Å². The molecular formula is C29H29FN2O3S. The third kappa shape index (κ3) is 4.61. The van der Waals surface area contributed by atoms with E-state index in [4.69, 9.17) is 4.42 Å². The number of piperidine rings is 1. The third-order valence-corrected chi connectivity index (χ3v) is 8.34. The molecular weight excluding hydrogens is 475 g/mol. The number of hydrogen-bond donors (Lipinski definition) is 1. The van der Waals surface area contributed by atoms with Crippen molar-refractivity contribution in [3.05, 3.63) is 88.7 Å². The molecule has 1 aliphatic rings. The zero-order valence-corrected chi connectivity index (χ0v) is 21.5. The molecule has 4 aromatic rings. The minimum atomic E-state index is -1.22. The van der Waals surface area contributed by atoms with Crippen LogP contribution in [0, 0.1) is 19.7 Å². The molecule has 1 aliphatic heterocycles. The lowest BCUT2D eigenvalue weighted by atomic mass is 9.87. The molecule has 0 aliphatic carbocycles. The monoisotopic (exact) mass is 504 g/mol. The molecule has 0 bridgehead atoms. The summed E-state index contributed by atoms with van der Waals surface area (Å²) in [6.07, 6.45) is 1.92. The van der Waals surface area contributed by atoms with Crippen molar-refractivity contribution in [3.63, 3.8) is 0 Å². The summed E-state index contributed by atoms with van der Waals surface area (Å²) in [5.41, 5.74) is 4.99. The molecule has 0 saturated carbocycles. The minimum absolute atomic E-state index is 0.179. The minimum Gasteiger partial charge on any atom is -0.455 e. The lowest BCUT2D eigenvalue weighted by molar-refractivity contribution is 0.0964. The topological polar surface area (TPSA) is 62.6 Å². The summed E-state index contributed by atoms with van der Waals surface area (Å²) in [6.45, 7) is 5.51. The maximum absolute atomic E-state index is 13.5. The van der Waals surface area contributed by atoms with Gasteiger partial charge in [-0.2, -0.15) is 0 Å². The molecule has 5 rings (SSSR count). The van der Waals surface area contributed by atoms with Gasteiger partial charge in [0, 0.05) is 31.1 Å². The first-order valence-electron chi connectivity index (χ1n) is 12.1. The van der Waals surface area contributed by atoms with Crippen LogP contribution in [0.15, 0.2) is 70.0 Å². The predicted molar refractivity (Wildman–Crippen MR) is 141 cm³/mol. The summed E-state index contributed by atoms with van der Waals surface area (Å²) in [5, 5.41) is 3.45. The predicted octanol–water partition coefficient (Wildman–Crippen LogP) is 6.12. The highest BCUT2D eigenvalue weighted by Crippen LogP contribution is 2.39. The van der Waals surface area contributed by atoms with E-state index in [-0.39, 0.29) is 17.6 Å². The highest BCUT2D eigenvalue weighted by molar-refractivity contribution is 7.82. The Kier molecular flexibility index (Phi) is 6.77. The Hall–Kier alpha value is -3.29. The van der Waals surface area contributed by atoms with Gasteiger partial charge in [0.25, 0.3) is 5.91 Å². The lowest BCUT2D eigenvalue weighted by Crippen LogP contribution is -2.36. The van der Waals surface area contributed by atoms with Gasteiger partial charge in [-0.1, -0.05) is 12.1 Å². The van der Waals surface area contributed by atoms with Gasteiger partial charge in [-0.05, 0) is 97.8 Å². The molecule has 36 heavy (non-hydrogen) atoms. The quantitative estimate of drug-likeness (QED) is 0.356. The van der Waals surface area contributed by atoms with Gasteiger partial charge in [0.05, 0.1) is 10.5 Å². The number of nitrogens with zero attached hydrogens (tertiary/aromatic N) is 1. The van der Waals surface area contributed by atoms with Gasteiger partial charge in [0.2, 0.25) is 0 Å². The second-order valence-corrected chi connectivity index (χ2v) is 10.9. The summed E-state index contributed by atoms with van der Waals surface area (Å²) < 4.78 is 35.1. The molecule has 3 aromatic carbocycles. The average Bonchev–Trinajstić information content (AvgIpc) is 3.26. The average molecular weight is 505 g/mol. The van der Waals surface area contributed by atoms with E-state index in [9.17, 15) is 13.4 Å². The largest absolute Gasteiger partial charge is 0.455 e. The molecule has 2 heterocycles. The van der Waals surface area contributed by atoms with Crippen LogP contribution < -0.4 is 5.32 Å². The van der Waals surface area contributed by atoms with Crippen LogP contribution in [0.2, 0.25) is 0 Å². The van der Waals surface area contributed by atoms with E-state index in [0.717, 1.165) is 46.4 Å². The van der Waals surface area contributed by atoms with Crippen molar-refractivity contribution in [2.75, 3.05) is 20.1 Å². The highest BCUT2D eigenvalue weighted by atomic mass is 32.2. The molecule has 1 aromatic heterocycles. The summed E-state index contributed by atoms with van der Waals surface area (Å²) in [7, 11) is 0.363. The number of hydrogen-bond acceptors (Lipinski definition) is 3. The SMILES string of the molecule is CNC(=O)c1c(-c2ccc(F)cc2)oc2cc(C)c([C@H]3CCCN(S(=O)c4cccc(C)c4)C3)cc12. The van der Waals surface area contributed by atoms with Crippen LogP contribution in [0.5, 0.6) is 0 Å². The molecule has 0 spiro atoms. The van der Waals surface area contributed by atoms with Crippen molar-refractivity contribution in [2.45, 2.75) is 37.5 Å². The maximum atomic E-state index is 13.5. The number of fused-ring (bicyclic) bond motifs is 1. The van der Waals surface area contributed by atoms with Crippen molar-refractivity contribution in [3.8, 4) is 11.3 Å². The van der Waals surface area contributed by atoms with E-state index in [0.29, 0.717) is 29.0 Å². The first kappa shape index (κ1) is 24.4. The summed E-state index contributed by atoms with van der Waals surface area (Å²) >= 11 is 0. The number of halogens is 1. The van der Waals surface area contributed by atoms with Gasteiger partial charge in [0.15, 0.2) is 0 Å². The van der Waals surface area contributed by atoms with E-state index < -0.39 is 11.0 Å². The molecule has 5 nitrogen and oxygen atoms in total. The van der Waals surface area contributed by atoms with E-state index in [2.05, 4.69) is 11.4 Å². The second-order valence-electron chi connectivity index (χ2n) is 9.39. The third-order valence-electron chi connectivity index (χ3n) is 6.89. The van der Waals surface area contributed by atoms with Crippen molar-refractivity contribution in [2.24, 2.45) is 0 Å². The Bertz CT molecular complexity index is 1460. The standard InChI is InChI=1S/C29H29FN2O3S/c1-18-6-4-8-23(14-18)36(34)32-13-5-7-21(17-32)24-16-25-26(15-19(24)2)35-28(27(25)29(33)31-3)20-9-11-22(30)12-10-20/h4,6,8-12,14-16,21H,5,7,13,17H2,1-3H3,(H,31,33)/t21-,36?/m0/s1. The van der Waals surface area contributed by atoms with Gasteiger partial charge in [-0.3, -0.25) is 4.79 Å². The molecule has 2 atom stereocenters. The first-order chi connectivity index (χ1) is 17.4. The number of carbonyl (C=O) groups is 1. The fourth-order valence-electron chi connectivity index (χ4n) is 5.08. The molecule has 1 N–H and O–H groups in total. The van der Waals surface area contributed by atoms with Gasteiger partial charge < -0.3 is 9.73 Å². The van der Waals surface area contributed by atoms with Gasteiger partial charge in [-0.25, -0.2) is 12.9 Å². The normalized spacial score (nSPS) is 17.3. The maximum Gasteiger partial charge on any atom is 0.255 e. The Balaban J connectivity index is 1.53. The Morgan fingerprint density at radius 1 is 1.11 bits per heavy atom. The van der Waals surface area contributed by atoms with Gasteiger partial charge in [-0.15, -0.1) is 0 Å². The van der Waals surface area contributed by atoms with E-state index in [1.807, 2.05) is 48.5 Å². The van der Waals surface area contributed by atoms with Crippen LogP contribution in [-0.4, -0.2) is 34.6 Å². The van der Waals surface area contributed by atoms with Crippen LogP contribution in [0.25, 0.3) is 22.3 Å². The molecule has 0 radical (unpaired) electrons. The fourth-order valence-corrected chi connectivity index (χ4v) is 6.47. The first-order valence-corrected chi connectivity index (χ1v) is 13.2. The summed E-state index contributed by atoms with van der Waals surface area (Å²) in [5.74, 6) is -0.00146. The van der Waals surface area contributed by atoms with Crippen LogP contribution in [-0.2, 0) is 11.0 Å². The number of nitrogens with one attached hydrogen (secondary N) is 1. The van der Waals surface area contributed by atoms with Crippen molar-refractivity contribution in [1.82, 2.24) is 9.62 Å². The van der Waals surface area contributed by atoms with Crippen molar-refractivity contribution >= 4 is 27.9 Å². The number of rotatable bonds is 5. The number of furan rings is 1. The van der Waals surface area contributed by atoms with E-state index in [1.54, 1.807) is 19.2 Å². The lowest BCUT2D eigenvalue weighted by Gasteiger charge is -2.32. The molecule has 1 unspecified atom stereocenters. The Morgan fingerprint density at radius 3 is 2.61 bits per heavy atom. The zero-order valence-electron chi connectivity index (χ0n) is 20.6. The van der Waals surface area contributed by atoms with Crippen LogP contribution in [0.4, 0.5) is 4.39 Å². The van der Waals surface area contributed by atoms with Crippen LogP contribution >= 0.6 is 0 Å². The van der Waals surface area contributed by atoms with Crippen molar-refractivity contribution < 1.29 is 17.8 Å². The smallest absolute Gasteiger partial charge is 0.255 e. The van der Waals surface area contributed by atoms with E-state index in [1.165, 1.54) is 12.1 Å². The number of benzene rings is 3. The Morgan fingerprint density at radius 2 is 1.89 bits per heavy atom. The van der Waals surface area contributed by atoms with Crippen LogP contribution in [0.3, 0.4) is 0 Å². The molecule has 1 fully saturated rings.